The first-order valence-electron chi connectivity index (χ1n) is 7.89. The minimum Gasteiger partial charge on any atom is -0.489 e. The van der Waals surface area contributed by atoms with Gasteiger partial charge in [0.05, 0.1) is 6.54 Å². The maximum atomic E-state index is 5.79. The maximum Gasteiger partial charge on any atom is 0.151 e. The van der Waals surface area contributed by atoms with Crippen molar-refractivity contribution in [3.63, 3.8) is 0 Å². The molecule has 2 aromatic carbocycles. The van der Waals surface area contributed by atoms with Gasteiger partial charge < -0.3 is 14.6 Å². The van der Waals surface area contributed by atoms with E-state index in [4.69, 9.17) is 9.26 Å². The molecule has 0 radical (unpaired) electrons. The molecule has 1 aromatic heterocycles. The van der Waals surface area contributed by atoms with Crippen molar-refractivity contribution in [3.8, 4) is 17.0 Å². The molecule has 0 spiro atoms. The molecule has 4 heteroatoms. The Morgan fingerprint density at radius 2 is 1.88 bits per heavy atom. The summed E-state index contributed by atoms with van der Waals surface area (Å²) in [4.78, 5) is 0. The van der Waals surface area contributed by atoms with Crippen LogP contribution in [-0.2, 0) is 13.2 Å². The van der Waals surface area contributed by atoms with E-state index in [1.807, 2.05) is 66.7 Å². The molecule has 0 aliphatic rings. The topological polar surface area (TPSA) is 47.3 Å². The van der Waals surface area contributed by atoms with E-state index in [1.54, 1.807) is 0 Å². The fraction of sp³-hybridized carbons (Fsp3) is 0.150. The second-order valence-electron chi connectivity index (χ2n) is 5.40. The summed E-state index contributed by atoms with van der Waals surface area (Å²) >= 11 is 0. The van der Waals surface area contributed by atoms with Gasteiger partial charge in [-0.3, -0.25) is 0 Å². The highest BCUT2D eigenvalue weighted by Gasteiger charge is 2.06. The molecule has 24 heavy (non-hydrogen) atoms. The molecule has 4 nitrogen and oxygen atoms in total. The predicted octanol–water partition coefficient (Wildman–Crippen LogP) is 4.20. The van der Waals surface area contributed by atoms with Crippen LogP contribution in [0.25, 0.3) is 11.3 Å². The number of nitrogens with zero attached hydrogens (tertiary/aromatic N) is 1. The van der Waals surface area contributed by atoms with Crippen molar-refractivity contribution >= 4 is 0 Å². The third-order valence-electron chi connectivity index (χ3n) is 3.55. The third kappa shape index (κ3) is 4.33. The van der Waals surface area contributed by atoms with E-state index in [1.165, 1.54) is 0 Å². The van der Waals surface area contributed by atoms with Gasteiger partial charge in [0.15, 0.2) is 5.76 Å². The largest absolute Gasteiger partial charge is 0.489 e. The lowest BCUT2D eigenvalue weighted by Crippen LogP contribution is -2.11. The molecular weight excluding hydrogens is 300 g/mol. The van der Waals surface area contributed by atoms with Gasteiger partial charge in [0.1, 0.15) is 18.1 Å². The van der Waals surface area contributed by atoms with E-state index < -0.39 is 0 Å². The van der Waals surface area contributed by atoms with Crippen LogP contribution < -0.4 is 10.1 Å². The van der Waals surface area contributed by atoms with Crippen molar-refractivity contribution in [2.75, 3.05) is 6.54 Å². The van der Waals surface area contributed by atoms with Gasteiger partial charge in [-0.05, 0) is 29.8 Å². The molecule has 0 aliphatic carbocycles. The first kappa shape index (κ1) is 16.0. The standard InChI is InChI=1S/C20H20N2O2/c1-2-12-21-14-19-13-20(22-24-19)17-8-10-18(11-9-17)23-15-16-6-4-3-5-7-16/h2-11,13,21H,1,12,14-15H2. The smallest absolute Gasteiger partial charge is 0.151 e. The van der Waals surface area contributed by atoms with Crippen LogP contribution in [0.15, 0.2) is 77.8 Å². The van der Waals surface area contributed by atoms with Crippen molar-refractivity contribution < 1.29 is 9.26 Å². The average Bonchev–Trinajstić information content (AvgIpc) is 3.10. The van der Waals surface area contributed by atoms with Crippen LogP contribution in [-0.4, -0.2) is 11.7 Å². The number of hydrogen-bond donors (Lipinski definition) is 1. The Bertz CT molecular complexity index is 764. The Morgan fingerprint density at radius 3 is 2.62 bits per heavy atom. The zero-order valence-electron chi connectivity index (χ0n) is 13.4. The minimum absolute atomic E-state index is 0.559. The second-order valence-corrected chi connectivity index (χ2v) is 5.40. The summed E-state index contributed by atoms with van der Waals surface area (Å²) in [6.45, 7) is 5.60. The molecule has 0 aliphatic heterocycles. The normalized spacial score (nSPS) is 10.5. The highest BCUT2D eigenvalue weighted by Crippen LogP contribution is 2.22. The number of ether oxygens (including phenoxy) is 1. The van der Waals surface area contributed by atoms with Crippen LogP contribution in [0.4, 0.5) is 0 Å². The molecule has 0 saturated heterocycles. The lowest BCUT2D eigenvalue weighted by molar-refractivity contribution is 0.306. The third-order valence-corrected chi connectivity index (χ3v) is 3.55. The first-order chi connectivity index (χ1) is 11.8. The zero-order chi connectivity index (χ0) is 16.6. The van der Waals surface area contributed by atoms with Gasteiger partial charge in [-0.25, -0.2) is 0 Å². The van der Waals surface area contributed by atoms with Crippen LogP contribution >= 0.6 is 0 Å². The Labute approximate surface area is 141 Å². The van der Waals surface area contributed by atoms with Crippen LogP contribution in [0.3, 0.4) is 0 Å². The number of aromatic nitrogens is 1. The molecule has 0 bridgehead atoms. The van der Waals surface area contributed by atoms with Crippen molar-refractivity contribution in [1.29, 1.82) is 0 Å². The van der Waals surface area contributed by atoms with Gasteiger partial charge in [-0.2, -0.15) is 0 Å². The van der Waals surface area contributed by atoms with E-state index in [0.29, 0.717) is 13.2 Å². The van der Waals surface area contributed by atoms with Gasteiger partial charge in [0, 0.05) is 18.2 Å². The van der Waals surface area contributed by atoms with Crippen LogP contribution in [0.5, 0.6) is 5.75 Å². The summed E-state index contributed by atoms with van der Waals surface area (Å²) in [5.74, 6) is 1.63. The van der Waals surface area contributed by atoms with Gasteiger partial charge in [0.25, 0.3) is 0 Å². The van der Waals surface area contributed by atoms with Gasteiger partial charge in [-0.1, -0.05) is 41.6 Å². The first-order valence-corrected chi connectivity index (χ1v) is 7.89. The van der Waals surface area contributed by atoms with Crippen LogP contribution in [0, 0.1) is 0 Å². The molecule has 0 saturated carbocycles. The number of benzene rings is 2. The molecule has 3 rings (SSSR count). The van der Waals surface area contributed by atoms with Crippen molar-refractivity contribution in [3.05, 3.63) is 84.6 Å². The molecule has 0 atom stereocenters. The Balaban J connectivity index is 1.59. The summed E-state index contributed by atoms with van der Waals surface area (Å²) in [5.41, 5.74) is 2.97. The van der Waals surface area contributed by atoms with E-state index in [2.05, 4.69) is 17.1 Å². The molecule has 122 valence electrons. The lowest BCUT2D eigenvalue weighted by atomic mass is 10.1. The fourth-order valence-electron chi connectivity index (χ4n) is 2.29. The zero-order valence-corrected chi connectivity index (χ0v) is 13.4. The molecule has 0 amide bonds. The molecule has 1 heterocycles. The quantitative estimate of drug-likeness (QED) is 0.499. The monoisotopic (exact) mass is 320 g/mol. The summed E-state index contributed by atoms with van der Waals surface area (Å²) < 4.78 is 11.1. The van der Waals surface area contributed by atoms with Crippen LogP contribution in [0.2, 0.25) is 0 Å². The maximum absolute atomic E-state index is 5.79. The predicted molar refractivity (Wildman–Crippen MR) is 94.6 cm³/mol. The number of hydrogen-bond acceptors (Lipinski definition) is 4. The van der Waals surface area contributed by atoms with E-state index in [0.717, 1.165) is 34.9 Å². The molecule has 3 aromatic rings. The highest BCUT2D eigenvalue weighted by atomic mass is 16.5. The summed E-state index contributed by atoms with van der Waals surface area (Å²) in [6.07, 6.45) is 1.81. The van der Waals surface area contributed by atoms with Gasteiger partial charge >= 0.3 is 0 Å². The van der Waals surface area contributed by atoms with E-state index in [-0.39, 0.29) is 0 Å². The number of rotatable bonds is 8. The summed E-state index contributed by atoms with van der Waals surface area (Å²) in [5, 5.41) is 7.29. The molecule has 0 unspecified atom stereocenters. The van der Waals surface area contributed by atoms with Crippen molar-refractivity contribution in [2.45, 2.75) is 13.2 Å². The van der Waals surface area contributed by atoms with Gasteiger partial charge in [-0.15, -0.1) is 6.58 Å². The summed E-state index contributed by atoms with van der Waals surface area (Å²) in [6, 6.07) is 19.9. The molecular formula is C20H20N2O2. The SMILES string of the molecule is C=CCNCc1cc(-c2ccc(OCc3ccccc3)cc2)no1. The van der Waals surface area contributed by atoms with Crippen molar-refractivity contribution in [2.24, 2.45) is 0 Å². The van der Waals surface area contributed by atoms with Crippen LogP contribution in [0.1, 0.15) is 11.3 Å². The Kier molecular flexibility index (Phi) is 5.43. The van der Waals surface area contributed by atoms with Gasteiger partial charge in [0.2, 0.25) is 0 Å². The van der Waals surface area contributed by atoms with E-state index in [9.17, 15) is 0 Å². The summed E-state index contributed by atoms with van der Waals surface area (Å²) in [7, 11) is 0. The van der Waals surface area contributed by atoms with Crippen molar-refractivity contribution in [1.82, 2.24) is 10.5 Å². The Morgan fingerprint density at radius 1 is 1.08 bits per heavy atom. The second kappa shape index (κ2) is 8.13. The number of nitrogens with one attached hydrogen (secondary N) is 1. The lowest BCUT2D eigenvalue weighted by Gasteiger charge is -2.06. The highest BCUT2D eigenvalue weighted by molar-refractivity contribution is 5.59. The minimum atomic E-state index is 0.559. The van der Waals surface area contributed by atoms with E-state index >= 15 is 0 Å². The Hall–Kier alpha value is -2.85. The molecule has 0 fully saturated rings. The molecule has 1 N–H and O–H groups in total. The fourth-order valence-corrected chi connectivity index (χ4v) is 2.29. The average molecular weight is 320 g/mol.